The van der Waals surface area contributed by atoms with Gasteiger partial charge in [-0.3, -0.25) is 14.5 Å². The SMILES string of the molecule is CC(C)N1C(=O)C(Cl)=C(c2cn(C)c3ccccc23)C1=O. The third kappa shape index (κ3) is 1.90. The molecule has 0 bridgehead atoms. The number of carbonyl (C=O) groups is 2. The van der Waals surface area contributed by atoms with Crippen molar-refractivity contribution in [1.29, 1.82) is 0 Å². The fraction of sp³-hybridized carbons (Fsp3) is 0.250. The number of halogens is 1. The van der Waals surface area contributed by atoms with E-state index < -0.39 is 5.91 Å². The number of imide groups is 1. The zero-order chi connectivity index (χ0) is 15.3. The molecule has 0 aliphatic carbocycles. The van der Waals surface area contributed by atoms with Gasteiger partial charge in [0.1, 0.15) is 5.03 Å². The number of benzene rings is 1. The second-order valence-electron chi connectivity index (χ2n) is 5.43. The molecule has 0 N–H and O–H groups in total. The van der Waals surface area contributed by atoms with Crippen LogP contribution < -0.4 is 0 Å². The molecule has 0 atom stereocenters. The van der Waals surface area contributed by atoms with Gasteiger partial charge in [-0.25, -0.2) is 0 Å². The van der Waals surface area contributed by atoms with Gasteiger partial charge in [0.25, 0.3) is 11.8 Å². The summed E-state index contributed by atoms with van der Waals surface area (Å²) in [5, 5.41) is 0.921. The summed E-state index contributed by atoms with van der Waals surface area (Å²) < 4.78 is 1.93. The summed E-state index contributed by atoms with van der Waals surface area (Å²) in [6.45, 7) is 3.60. The predicted molar refractivity (Wildman–Crippen MR) is 82.7 cm³/mol. The Morgan fingerprint density at radius 1 is 1.10 bits per heavy atom. The summed E-state index contributed by atoms with van der Waals surface area (Å²) in [6.07, 6.45) is 1.84. The zero-order valence-corrected chi connectivity index (χ0v) is 12.8. The summed E-state index contributed by atoms with van der Waals surface area (Å²) in [7, 11) is 1.90. The third-order valence-electron chi connectivity index (χ3n) is 3.74. The lowest BCUT2D eigenvalue weighted by molar-refractivity contribution is -0.138. The van der Waals surface area contributed by atoms with Crippen LogP contribution in [-0.2, 0) is 16.6 Å². The summed E-state index contributed by atoms with van der Waals surface area (Å²) >= 11 is 6.16. The quantitative estimate of drug-likeness (QED) is 0.801. The maximum atomic E-state index is 12.6. The Kier molecular flexibility index (Phi) is 3.14. The number of para-hydroxylation sites is 1. The van der Waals surface area contributed by atoms with E-state index in [0.717, 1.165) is 10.9 Å². The normalized spacial score (nSPS) is 16.0. The molecule has 21 heavy (non-hydrogen) atoms. The summed E-state index contributed by atoms with van der Waals surface area (Å²) in [5.74, 6) is -0.740. The van der Waals surface area contributed by atoms with Crippen LogP contribution in [0.2, 0.25) is 0 Å². The molecular weight excluding hydrogens is 288 g/mol. The van der Waals surface area contributed by atoms with E-state index in [1.807, 2.05) is 42.1 Å². The first-order chi connectivity index (χ1) is 9.93. The molecule has 1 aliphatic rings. The first-order valence-corrected chi connectivity index (χ1v) is 7.13. The molecule has 0 saturated carbocycles. The van der Waals surface area contributed by atoms with E-state index in [4.69, 9.17) is 11.6 Å². The molecule has 0 radical (unpaired) electrons. The lowest BCUT2D eigenvalue weighted by Crippen LogP contribution is -2.37. The summed E-state index contributed by atoms with van der Waals surface area (Å²) in [6, 6.07) is 7.52. The summed E-state index contributed by atoms with van der Waals surface area (Å²) in [4.78, 5) is 26.0. The van der Waals surface area contributed by atoms with Crippen molar-refractivity contribution >= 4 is 39.9 Å². The molecule has 2 aromatic rings. The van der Waals surface area contributed by atoms with Gasteiger partial charge in [0, 0.05) is 35.8 Å². The van der Waals surface area contributed by atoms with Crippen LogP contribution in [-0.4, -0.2) is 27.3 Å². The van der Waals surface area contributed by atoms with Gasteiger partial charge in [-0.2, -0.15) is 0 Å². The van der Waals surface area contributed by atoms with E-state index in [-0.39, 0.29) is 17.0 Å². The monoisotopic (exact) mass is 302 g/mol. The van der Waals surface area contributed by atoms with Crippen molar-refractivity contribution in [3.63, 3.8) is 0 Å². The van der Waals surface area contributed by atoms with Crippen molar-refractivity contribution in [2.45, 2.75) is 19.9 Å². The number of rotatable bonds is 2. The molecule has 0 spiro atoms. The molecule has 2 amide bonds. The molecule has 1 aromatic carbocycles. The van der Waals surface area contributed by atoms with E-state index in [1.165, 1.54) is 4.90 Å². The molecule has 5 heteroatoms. The number of hydrogen-bond donors (Lipinski definition) is 0. The van der Waals surface area contributed by atoms with Gasteiger partial charge in [-0.05, 0) is 19.9 Å². The van der Waals surface area contributed by atoms with Crippen LogP contribution >= 0.6 is 11.6 Å². The van der Waals surface area contributed by atoms with Crippen molar-refractivity contribution in [2.75, 3.05) is 0 Å². The Bertz CT molecular complexity index is 802. The lowest BCUT2D eigenvalue weighted by atomic mass is 10.1. The van der Waals surface area contributed by atoms with Crippen molar-refractivity contribution in [3.05, 3.63) is 41.1 Å². The molecule has 108 valence electrons. The average molecular weight is 303 g/mol. The van der Waals surface area contributed by atoms with Gasteiger partial charge in [-0.1, -0.05) is 29.8 Å². The van der Waals surface area contributed by atoms with Crippen LogP contribution in [0.5, 0.6) is 0 Å². The number of amides is 2. The minimum absolute atomic E-state index is 0.00468. The number of fused-ring (bicyclic) bond motifs is 1. The van der Waals surface area contributed by atoms with Gasteiger partial charge in [-0.15, -0.1) is 0 Å². The maximum Gasteiger partial charge on any atom is 0.273 e. The van der Waals surface area contributed by atoms with Gasteiger partial charge in [0.15, 0.2) is 0 Å². The smallest absolute Gasteiger partial charge is 0.273 e. The van der Waals surface area contributed by atoms with E-state index >= 15 is 0 Å². The Balaban J connectivity index is 2.24. The second-order valence-corrected chi connectivity index (χ2v) is 5.81. The Morgan fingerprint density at radius 3 is 2.38 bits per heavy atom. The Labute approximate surface area is 127 Å². The molecule has 1 aliphatic heterocycles. The molecule has 1 aromatic heterocycles. The molecule has 0 unspecified atom stereocenters. The average Bonchev–Trinajstić information content (AvgIpc) is 2.87. The van der Waals surface area contributed by atoms with Crippen molar-refractivity contribution in [1.82, 2.24) is 9.47 Å². The van der Waals surface area contributed by atoms with Crippen LogP contribution in [0.15, 0.2) is 35.5 Å². The minimum atomic E-state index is -0.417. The molecule has 0 fully saturated rings. The van der Waals surface area contributed by atoms with Crippen LogP contribution in [0, 0.1) is 0 Å². The molecule has 4 nitrogen and oxygen atoms in total. The number of aromatic nitrogens is 1. The minimum Gasteiger partial charge on any atom is -0.350 e. The van der Waals surface area contributed by atoms with Gasteiger partial charge < -0.3 is 4.57 Å². The first kappa shape index (κ1) is 13.9. The fourth-order valence-corrected chi connectivity index (χ4v) is 3.04. The highest BCUT2D eigenvalue weighted by molar-refractivity contribution is 6.55. The number of hydrogen-bond acceptors (Lipinski definition) is 2. The van der Waals surface area contributed by atoms with Crippen LogP contribution in [0.3, 0.4) is 0 Å². The highest BCUT2D eigenvalue weighted by Crippen LogP contribution is 2.36. The molecular formula is C16H15ClN2O2. The molecule has 3 rings (SSSR count). The Hall–Kier alpha value is -2.07. The predicted octanol–water partition coefficient (Wildman–Crippen LogP) is 2.91. The molecule has 2 heterocycles. The fourth-order valence-electron chi connectivity index (χ4n) is 2.76. The zero-order valence-electron chi connectivity index (χ0n) is 12.1. The molecule has 0 saturated heterocycles. The highest BCUT2D eigenvalue weighted by atomic mass is 35.5. The van der Waals surface area contributed by atoms with Crippen LogP contribution in [0.1, 0.15) is 19.4 Å². The van der Waals surface area contributed by atoms with Gasteiger partial charge in [0.2, 0.25) is 0 Å². The van der Waals surface area contributed by atoms with E-state index in [1.54, 1.807) is 13.8 Å². The lowest BCUT2D eigenvalue weighted by Gasteiger charge is -2.18. The largest absolute Gasteiger partial charge is 0.350 e. The van der Waals surface area contributed by atoms with Gasteiger partial charge in [0.05, 0.1) is 5.57 Å². The standard InChI is InChI=1S/C16H15ClN2O2/c1-9(2)19-15(20)13(14(17)16(19)21)11-8-18(3)12-7-5-4-6-10(11)12/h4-9H,1-3H3. The maximum absolute atomic E-state index is 12.6. The van der Waals surface area contributed by atoms with Crippen LogP contribution in [0.4, 0.5) is 0 Å². The second kappa shape index (κ2) is 4.74. The number of nitrogens with zero attached hydrogens (tertiary/aromatic N) is 2. The van der Waals surface area contributed by atoms with Crippen molar-refractivity contribution in [2.24, 2.45) is 7.05 Å². The first-order valence-electron chi connectivity index (χ1n) is 6.75. The van der Waals surface area contributed by atoms with E-state index in [0.29, 0.717) is 11.1 Å². The van der Waals surface area contributed by atoms with E-state index in [2.05, 4.69) is 0 Å². The summed E-state index contributed by atoms with van der Waals surface area (Å²) in [5.41, 5.74) is 2.00. The van der Waals surface area contributed by atoms with Gasteiger partial charge >= 0.3 is 0 Å². The number of carbonyl (C=O) groups excluding carboxylic acids is 2. The Morgan fingerprint density at radius 2 is 1.76 bits per heavy atom. The highest BCUT2D eigenvalue weighted by Gasteiger charge is 2.40. The van der Waals surface area contributed by atoms with Crippen molar-refractivity contribution < 1.29 is 9.59 Å². The number of aryl methyl sites for hydroxylation is 1. The third-order valence-corrected chi connectivity index (χ3v) is 4.09. The van der Waals surface area contributed by atoms with Crippen LogP contribution in [0.25, 0.3) is 16.5 Å². The topological polar surface area (TPSA) is 42.3 Å². The van der Waals surface area contributed by atoms with E-state index in [9.17, 15) is 9.59 Å². The van der Waals surface area contributed by atoms with Crippen molar-refractivity contribution in [3.8, 4) is 0 Å².